The number of aryl methyl sites for hydroxylation is 1. The van der Waals surface area contributed by atoms with Crippen molar-refractivity contribution in [2.75, 3.05) is 6.54 Å². The molecule has 0 atom stereocenters. The molecule has 1 amide bonds. The lowest BCUT2D eigenvalue weighted by molar-refractivity contribution is -0.120. The van der Waals surface area contributed by atoms with Gasteiger partial charge in [0.15, 0.2) is 0 Å². The third-order valence-corrected chi connectivity index (χ3v) is 4.25. The molecular weight excluding hydrogens is 292 g/mol. The van der Waals surface area contributed by atoms with Gasteiger partial charge in [0.2, 0.25) is 17.6 Å². The Morgan fingerprint density at radius 3 is 3.00 bits per heavy atom. The first-order chi connectivity index (χ1) is 11.2. The van der Waals surface area contributed by atoms with E-state index in [1.54, 1.807) is 0 Å². The quantitative estimate of drug-likeness (QED) is 0.785. The monoisotopic (exact) mass is 310 g/mol. The van der Waals surface area contributed by atoms with Crippen molar-refractivity contribution < 1.29 is 9.32 Å². The van der Waals surface area contributed by atoms with Gasteiger partial charge >= 0.3 is 0 Å². The minimum absolute atomic E-state index is 0.0656. The highest BCUT2D eigenvalue weighted by Crippen LogP contribution is 2.27. The van der Waals surface area contributed by atoms with Gasteiger partial charge in [-0.05, 0) is 30.9 Å². The predicted octanol–water partition coefficient (Wildman–Crippen LogP) is 2.30. The molecule has 0 saturated heterocycles. The van der Waals surface area contributed by atoms with Gasteiger partial charge in [0.05, 0.1) is 5.69 Å². The number of rotatable bonds is 5. The Bertz CT molecular complexity index is 860. The molecule has 2 aromatic heterocycles. The molecule has 0 unspecified atom stereocenters. The molecule has 0 bridgehead atoms. The van der Waals surface area contributed by atoms with E-state index in [1.165, 1.54) is 12.8 Å². The van der Waals surface area contributed by atoms with E-state index in [9.17, 15) is 4.79 Å². The highest BCUT2D eigenvalue weighted by molar-refractivity contribution is 5.85. The number of para-hydroxylation sites is 1. The second-order valence-electron chi connectivity index (χ2n) is 6.08. The Balaban J connectivity index is 1.52. The van der Waals surface area contributed by atoms with Crippen LogP contribution in [0.15, 0.2) is 34.9 Å². The van der Waals surface area contributed by atoms with Gasteiger partial charge in [0.1, 0.15) is 6.42 Å². The van der Waals surface area contributed by atoms with Crippen molar-refractivity contribution in [3.63, 3.8) is 0 Å². The molecule has 1 N–H and O–H groups in total. The number of carbonyl (C=O) groups is 1. The van der Waals surface area contributed by atoms with Crippen LogP contribution in [0.2, 0.25) is 0 Å². The summed E-state index contributed by atoms with van der Waals surface area (Å²) in [6, 6.07) is 10.1. The fourth-order valence-corrected chi connectivity index (χ4v) is 2.71. The molecule has 6 heteroatoms. The number of hydrogen-bond acceptors (Lipinski definition) is 4. The highest BCUT2D eigenvalue weighted by atomic mass is 16.5. The molecule has 3 aromatic rings. The van der Waals surface area contributed by atoms with Gasteiger partial charge in [-0.2, -0.15) is 4.98 Å². The number of carbonyl (C=O) groups excluding carboxylic acids is 1. The van der Waals surface area contributed by atoms with Gasteiger partial charge in [-0.1, -0.05) is 23.4 Å². The summed E-state index contributed by atoms with van der Waals surface area (Å²) in [7, 11) is 1.97. The normalized spacial score (nSPS) is 14.3. The van der Waals surface area contributed by atoms with Crippen LogP contribution in [-0.2, 0) is 18.3 Å². The molecule has 0 aliphatic heterocycles. The number of hydrogen-bond donors (Lipinski definition) is 1. The Labute approximate surface area is 133 Å². The second-order valence-corrected chi connectivity index (χ2v) is 6.08. The highest BCUT2D eigenvalue weighted by Gasteiger charge is 2.22. The minimum atomic E-state index is -0.0656. The number of aromatic nitrogens is 3. The molecule has 1 aliphatic carbocycles. The van der Waals surface area contributed by atoms with Gasteiger partial charge in [-0.3, -0.25) is 4.79 Å². The summed E-state index contributed by atoms with van der Waals surface area (Å²) < 4.78 is 7.25. The maximum Gasteiger partial charge on any atom is 0.236 e. The van der Waals surface area contributed by atoms with Gasteiger partial charge in [-0.25, -0.2) is 0 Å². The van der Waals surface area contributed by atoms with Crippen LogP contribution in [0, 0.1) is 5.92 Å². The van der Waals surface area contributed by atoms with E-state index in [1.807, 2.05) is 41.9 Å². The fourth-order valence-electron chi connectivity index (χ4n) is 2.71. The SMILES string of the molecule is Cn1c(-c2noc(CC(=O)NCC3CC3)n2)cc2ccccc21. The summed E-state index contributed by atoms with van der Waals surface area (Å²) in [6.07, 6.45) is 2.56. The maximum absolute atomic E-state index is 11.9. The third-order valence-electron chi connectivity index (χ3n) is 4.25. The van der Waals surface area contributed by atoms with E-state index in [2.05, 4.69) is 15.5 Å². The van der Waals surface area contributed by atoms with Crippen LogP contribution in [0.25, 0.3) is 22.4 Å². The standard InChI is InChI=1S/C17H18N4O2/c1-21-13-5-3-2-4-12(13)8-14(21)17-19-16(23-20-17)9-15(22)18-10-11-6-7-11/h2-5,8,11H,6-7,9-10H2,1H3,(H,18,22). The number of nitrogens with zero attached hydrogens (tertiary/aromatic N) is 3. The second kappa shape index (κ2) is 5.53. The Morgan fingerprint density at radius 1 is 1.39 bits per heavy atom. The van der Waals surface area contributed by atoms with E-state index in [0.29, 0.717) is 17.6 Å². The summed E-state index contributed by atoms with van der Waals surface area (Å²) in [5.74, 6) is 1.45. The van der Waals surface area contributed by atoms with E-state index in [0.717, 1.165) is 23.1 Å². The first-order valence-electron chi connectivity index (χ1n) is 7.85. The lowest BCUT2D eigenvalue weighted by Crippen LogP contribution is -2.27. The van der Waals surface area contributed by atoms with Crippen molar-refractivity contribution >= 4 is 16.8 Å². The van der Waals surface area contributed by atoms with Gasteiger partial charge in [0.25, 0.3) is 0 Å². The number of benzene rings is 1. The molecule has 118 valence electrons. The van der Waals surface area contributed by atoms with E-state index in [4.69, 9.17) is 4.52 Å². The average molecular weight is 310 g/mol. The summed E-state index contributed by atoms with van der Waals surface area (Å²) in [5.41, 5.74) is 1.98. The number of fused-ring (bicyclic) bond motifs is 1. The third kappa shape index (κ3) is 2.84. The van der Waals surface area contributed by atoms with Crippen LogP contribution >= 0.6 is 0 Å². The maximum atomic E-state index is 11.9. The summed E-state index contributed by atoms with van der Waals surface area (Å²) in [4.78, 5) is 16.2. The van der Waals surface area contributed by atoms with Crippen molar-refractivity contribution in [2.24, 2.45) is 13.0 Å². The average Bonchev–Trinajstić information content (AvgIpc) is 3.19. The van der Waals surface area contributed by atoms with Gasteiger partial charge in [0, 0.05) is 24.5 Å². The Hall–Kier alpha value is -2.63. The zero-order valence-electron chi connectivity index (χ0n) is 13.0. The summed E-state index contributed by atoms with van der Waals surface area (Å²) in [5, 5.41) is 8.04. The van der Waals surface area contributed by atoms with Crippen LogP contribution in [0.5, 0.6) is 0 Å². The number of amides is 1. The molecule has 1 fully saturated rings. The van der Waals surface area contributed by atoms with Crippen molar-refractivity contribution in [1.29, 1.82) is 0 Å². The van der Waals surface area contributed by atoms with E-state index in [-0.39, 0.29) is 12.3 Å². The molecule has 1 saturated carbocycles. The van der Waals surface area contributed by atoms with Crippen LogP contribution < -0.4 is 5.32 Å². The van der Waals surface area contributed by atoms with E-state index < -0.39 is 0 Å². The molecule has 0 radical (unpaired) electrons. The van der Waals surface area contributed by atoms with Crippen molar-refractivity contribution in [1.82, 2.24) is 20.0 Å². The molecule has 6 nitrogen and oxygen atoms in total. The first-order valence-corrected chi connectivity index (χ1v) is 7.85. The minimum Gasteiger partial charge on any atom is -0.355 e. The zero-order valence-corrected chi connectivity index (χ0v) is 13.0. The number of nitrogens with one attached hydrogen (secondary N) is 1. The molecule has 0 spiro atoms. The lowest BCUT2D eigenvalue weighted by atomic mass is 10.2. The van der Waals surface area contributed by atoms with Crippen LogP contribution in [-0.4, -0.2) is 27.2 Å². The molecule has 4 rings (SSSR count). The Kier molecular flexibility index (Phi) is 3.37. The van der Waals surface area contributed by atoms with Crippen molar-refractivity contribution in [2.45, 2.75) is 19.3 Å². The first kappa shape index (κ1) is 14.0. The van der Waals surface area contributed by atoms with E-state index >= 15 is 0 Å². The molecule has 1 aromatic carbocycles. The molecular formula is C17H18N4O2. The van der Waals surface area contributed by atoms with Crippen LogP contribution in [0.1, 0.15) is 18.7 Å². The molecule has 2 heterocycles. The largest absolute Gasteiger partial charge is 0.355 e. The fraction of sp³-hybridized carbons (Fsp3) is 0.353. The Morgan fingerprint density at radius 2 is 2.22 bits per heavy atom. The molecule has 1 aliphatic rings. The van der Waals surface area contributed by atoms with Gasteiger partial charge in [-0.15, -0.1) is 0 Å². The molecule has 23 heavy (non-hydrogen) atoms. The van der Waals surface area contributed by atoms with Crippen LogP contribution in [0.4, 0.5) is 0 Å². The summed E-state index contributed by atoms with van der Waals surface area (Å²) >= 11 is 0. The predicted molar refractivity (Wildman–Crippen MR) is 85.6 cm³/mol. The topological polar surface area (TPSA) is 73.0 Å². The smallest absolute Gasteiger partial charge is 0.236 e. The zero-order chi connectivity index (χ0) is 15.8. The van der Waals surface area contributed by atoms with Crippen molar-refractivity contribution in [3.05, 3.63) is 36.2 Å². The van der Waals surface area contributed by atoms with Crippen LogP contribution in [0.3, 0.4) is 0 Å². The summed E-state index contributed by atoms with van der Waals surface area (Å²) in [6.45, 7) is 0.753. The van der Waals surface area contributed by atoms with Gasteiger partial charge < -0.3 is 14.4 Å². The lowest BCUT2D eigenvalue weighted by Gasteiger charge is -2.00. The van der Waals surface area contributed by atoms with Crippen molar-refractivity contribution in [3.8, 4) is 11.5 Å².